The second-order valence-corrected chi connectivity index (χ2v) is 6.71. The van der Waals surface area contributed by atoms with Gasteiger partial charge in [0, 0.05) is 24.6 Å². The van der Waals surface area contributed by atoms with E-state index in [0.717, 1.165) is 50.1 Å². The molecule has 1 amide bonds. The number of carbonyl (C=O) groups excluding carboxylic acids is 1. The number of aryl methyl sites for hydroxylation is 2. The molecule has 5 nitrogen and oxygen atoms in total. The largest absolute Gasteiger partial charge is 0.328 e. The summed E-state index contributed by atoms with van der Waals surface area (Å²) in [4.78, 5) is 17.2. The number of hydrogen-bond acceptors (Lipinski definition) is 3. The van der Waals surface area contributed by atoms with Crippen molar-refractivity contribution in [2.24, 2.45) is 5.92 Å². The van der Waals surface area contributed by atoms with Gasteiger partial charge in [0.25, 0.3) is 0 Å². The molecule has 2 aliphatic heterocycles. The lowest BCUT2D eigenvalue weighted by Gasteiger charge is -2.21. The highest BCUT2D eigenvalue weighted by Gasteiger charge is 2.21. The Hall–Kier alpha value is -1.88. The molecule has 2 N–H and O–H groups in total. The molecule has 0 bridgehead atoms. The Morgan fingerprint density at radius 1 is 1.22 bits per heavy atom. The highest BCUT2D eigenvalue weighted by Crippen LogP contribution is 2.25. The van der Waals surface area contributed by atoms with Gasteiger partial charge in [-0.3, -0.25) is 4.79 Å². The summed E-state index contributed by atoms with van der Waals surface area (Å²) < 4.78 is 2.35. The number of fused-ring (bicyclic) bond motifs is 3. The zero-order chi connectivity index (χ0) is 15.6. The van der Waals surface area contributed by atoms with Crippen LogP contribution >= 0.6 is 0 Å². The van der Waals surface area contributed by atoms with E-state index in [1.54, 1.807) is 0 Å². The van der Waals surface area contributed by atoms with Crippen LogP contribution in [0.4, 0.5) is 5.69 Å². The van der Waals surface area contributed by atoms with Crippen molar-refractivity contribution in [1.29, 1.82) is 0 Å². The van der Waals surface area contributed by atoms with Gasteiger partial charge in [0.05, 0.1) is 11.0 Å². The Balaban J connectivity index is 1.55. The molecule has 0 unspecified atom stereocenters. The molecular formula is C18H24N4O. The van der Waals surface area contributed by atoms with Crippen LogP contribution in [0.3, 0.4) is 0 Å². The van der Waals surface area contributed by atoms with Gasteiger partial charge in [-0.1, -0.05) is 6.42 Å². The summed E-state index contributed by atoms with van der Waals surface area (Å²) >= 11 is 0. The van der Waals surface area contributed by atoms with Crippen LogP contribution < -0.4 is 10.6 Å². The number of aromatic nitrogens is 2. The van der Waals surface area contributed by atoms with Gasteiger partial charge in [-0.2, -0.15) is 0 Å². The van der Waals surface area contributed by atoms with E-state index in [1.165, 1.54) is 30.6 Å². The third-order valence-electron chi connectivity index (χ3n) is 5.09. The molecule has 23 heavy (non-hydrogen) atoms. The summed E-state index contributed by atoms with van der Waals surface area (Å²) in [6.45, 7) is 2.93. The van der Waals surface area contributed by atoms with Crippen LogP contribution in [0, 0.1) is 5.92 Å². The van der Waals surface area contributed by atoms with Crippen molar-refractivity contribution in [3.05, 3.63) is 24.0 Å². The first-order chi connectivity index (χ1) is 11.3. The van der Waals surface area contributed by atoms with Gasteiger partial charge in [0.1, 0.15) is 5.82 Å². The first-order valence-corrected chi connectivity index (χ1v) is 8.82. The number of benzene rings is 1. The molecule has 0 aliphatic carbocycles. The fraction of sp³-hybridized carbons (Fsp3) is 0.556. The molecule has 4 rings (SSSR count). The van der Waals surface area contributed by atoms with E-state index in [0.29, 0.717) is 0 Å². The maximum absolute atomic E-state index is 12.4. The number of amides is 1. The molecule has 0 atom stereocenters. The van der Waals surface area contributed by atoms with Gasteiger partial charge < -0.3 is 15.2 Å². The Bertz CT molecular complexity index is 715. The van der Waals surface area contributed by atoms with Crippen molar-refractivity contribution < 1.29 is 4.79 Å². The quantitative estimate of drug-likeness (QED) is 0.896. The number of imidazole rings is 1. The molecule has 0 spiro atoms. The van der Waals surface area contributed by atoms with Crippen molar-refractivity contribution in [3.8, 4) is 0 Å². The molecule has 3 heterocycles. The Kier molecular flexibility index (Phi) is 4.04. The molecule has 1 aromatic carbocycles. The number of nitrogens with zero attached hydrogens (tertiary/aromatic N) is 2. The number of hydrogen-bond donors (Lipinski definition) is 2. The second kappa shape index (κ2) is 6.32. The van der Waals surface area contributed by atoms with E-state index in [-0.39, 0.29) is 11.8 Å². The summed E-state index contributed by atoms with van der Waals surface area (Å²) in [6.07, 6.45) is 6.65. The highest BCUT2D eigenvalue weighted by molar-refractivity contribution is 5.94. The molecule has 2 aromatic rings. The minimum Gasteiger partial charge on any atom is -0.328 e. The highest BCUT2D eigenvalue weighted by atomic mass is 16.1. The predicted molar refractivity (Wildman–Crippen MR) is 91.5 cm³/mol. The van der Waals surface area contributed by atoms with Crippen LogP contribution in [0.5, 0.6) is 0 Å². The lowest BCUT2D eigenvalue weighted by molar-refractivity contribution is -0.120. The van der Waals surface area contributed by atoms with Crippen LogP contribution in [0.1, 0.15) is 37.9 Å². The van der Waals surface area contributed by atoms with Crippen molar-refractivity contribution in [2.45, 2.75) is 45.1 Å². The smallest absolute Gasteiger partial charge is 0.227 e. The predicted octanol–water partition coefficient (Wildman–Crippen LogP) is 2.70. The first-order valence-electron chi connectivity index (χ1n) is 8.82. The van der Waals surface area contributed by atoms with Gasteiger partial charge in [-0.15, -0.1) is 0 Å². The molecule has 1 fully saturated rings. The summed E-state index contributed by atoms with van der Waals surface area (Å²) in [5, 5.41) is 6.38. The van der Waals surface area contributed by atoms with Crippen LogP contribution in [0.25, 0.3) is 11.0 Å². The van der Waals surface area contributed by atoms with Crippen LogP contribution in [0.15, 0.2) is 18.2 Å². The number of carbonyl (C=O) groups is 1. The van der Waals surface area contributed by atoms with Crippen molar-refractivity contribution in [1.82, 2.24) is 14.9 Å². The Morgan fingerprint density at radius 2 is 2.09 bits per heavy atom. The number of piperidine rings is 1. The van der Waals surface area contributed by atoms with Gasteiger partial charge in [-0.25, -0.2) is 4.98 Å². The summed E-state index contributed by atoms with van der Waals surface area (Å²) in [5.41, 5.74) is 3.07. The van der Waals surface area contributed by atoms with E-state index in [9.17, 15) is 4.79 Å². The van der Waals surface area contributed by atoms with Gasteiger partial charge >= 0.3 is 0 Å². The molecule has 122 valence electrons. The Morgan fingerprint density at radius 3 is 2.96 bits per heavy atom. The molecule has 0 radical (unpaired) electrons. The second-order valence-electron chi connectivity index (χ2n) is 6.71. The molecule has 2 aliphatic rings. The van der Waals surface area contributed by atoms with E-state index >= 15 is 0 Å². The summed E-state index contributed by atoms with van der Waals surface area (Å²) in [7, 11) is 0. The minimum atomic E-state index is 0.130. The molecule has 1 saturated heterocycles. The first kappa shape index (κ1) is 14.7. The summed E-state index contributed by atoms with van der Waals surface area (Å²) in [5.74, 6) is 1.47. The maximum atomic E-state index is 12.4. The molecule has 0 saturated carbocycles. The Labute approximate surface area is 136 Å². The van der Waals surface area contributed by atoms with Crippen LogP contribution in [-0.4, -0.2) is 28.5 Å². The standard InChI is InChI=1S/C18H24N4O/c23-18(13-7-9-19-10-8-13)20-14-5-6-16-15(12-14)21-17-4-2-1-3-11-22(16)17/h5-6,12-13,19H,1-4,7-11H2,(H,20,23). The van der Waals surface area contributed by atoms with Gasteiger partial charge in [0.2, 0.25) is 5.91 Å². The van der Waals surface area contributed by atoms with Gasteiger partial charge in [-0.05, 0) is 57.0 Å². The summed E-state index contributed by atoms with van der Waals surface area (Å²) in [6, 6.07) is 6.15. The van der Waals surface area contributed by atoms with E-state index < -0.39 is 0 Å². The lowest BCUT2D eigenvalue weighted by Crippen LogP contribution is -2.34. The fourth-order valence-electron chi connectivity index (χ4n) is 3.76. The minimum absolute atomic E-state index is 0.130. The average molecular weight is 312 g/mol. The third kappa shape index (κ3) is 2.98. The van der Waals surface area contributed by atoms with E-state index in [2.05, 4.69) is 21.3 Å². The van der Waals surface area contributed by atoms with E-state index in [4.69, 9.17) is 4.98 Å². The normalized spacial score (nSPS) is 19.3. The number of anilines is 1. The molecule has 1 aromatic heterocycles. The lowest BCUT2D eigenvalue weighted by atomic mass is 9.97. The SMILES string of the molecule is O=C(Nc1ccc2c(c1)nc1n2CCCCC1)C1CCNCC1. The van der Waals surface area contributed by atoms with E-state index in [1.807, 2.05) is 12.1 Å². The zero-order valence-electron chi connectivity index (χ0n) is 13.5. The fourth-order valence-corrected chi connectivity index (χ4v) is 3.76. The number of nitrogens with one attached hydrogen (secondary N) is 2. The van der Waals surface area contributed by atoms with Crippen molar-refractivity contribution in [3.63, 3.8) is 0 Å². The molecular weight excluding hydrogens is 288 g/mol. The van der Waals surface area contributed by atoms with Gasteiger partial charge in [0.15, 0.2) is 0 Å². The average Bonchev–Trinajstić information content (AvgIpc) is 2.76. The number of rotatable bonds is 2. The van der Waals surface area contributed by atoms with Crippen LogP contribution in [0.2, 0.25) is 0 Å². The van der Waals surface area contributed by atoms with Crippen LogP contribution in [-0.2, 0) is 17.8 Å². The van der Waals surface area contributed by atoms with Crippen molar-refractivity contribution in [2.75, 3.05) is 18.4 Å². The molecule has 5 heteroatoms. The topological polar surface area (TPSA) is 59.0 Å². The third-order valence-corrected chi connectivity index (χ3v) is 5.09. The van der Waals surface area contributed by atoms with Crippen molar-refractivity contribution >= 4 is 22.6 Å². The zero-order valence-corrected chi connectivity index (χ0v) is 13.5. The monoisotopic (exact) mass is 312 g/mol. The maximum Gasteiger partial charge on any atom is 0.227 e.